The van der Waals surface area contributed by atoms with Crippen LogP contribution in [0.3, 0.4) is 0 Å². The fraction of sp³-hybridized carbons (Fsp3) is 0.923. The Morgan fingerprint density at radius 1 is 1.11 bits per heavy atom. The van der Waals surface area contributed by atoms with Crippen molar-refractivity contribution in [2.45, 2.75) is 26.7 Å². The van der Waals surface area contributed by atoms with Gasteiger partial charge in [-0.3, -0.25) is 9.89 Å². The first kappa shape index (κ1) is 15.2. The molecule has 1 heterocycles. The standard InChI is InChI=1S/C13H28N4O/c1-3-14-13(15-4-2)16-7-5-6-8-17-9-11-18-12-10-17/h3-12H2,1-2H3,(H2,14,15,16). The van der Waals surface area contributed by atoms with Crippen LogP contribution in [0.1, 0.15) is 26.7 Å². The SMILES string of the molecule is CCNC(=NCCCCN1CCOCC1)NCC. The van der Waals surface area contributed by atoms with E-state index in [1.807, 2.05) is 0 Å². The first-order valence-corrected chi connectivity index (χ1v) is 7.19. The van der Waals surface area contributed by atoms with Crippen LogP contribution < -0.4 is 10.6 Å². The Balaban J connectivity index is 2.06. The average molecular weight is 256 g/mol. The highest BCUT2D eigenvalue weighted by Crippen LogP contribution is 2.00. The van der Waals surface area contributed by atoms with Crippen molar-refractivity contribution in [2.24, 2.45) is 4.99 Å². The van der Waals surface area contributed by atoms with Crippen LogP contribution in [0.4, 0.5) is 0 Å². The van der Waals surface area contributed by atoms with Gasteiger partial charge in [0.15, 0.2) is 5.96 Å². The minimum atomic E-state index is 0.892. The normalized spacial score (nSPS) is 16.3. The highest BCUT2D eigenvalue weighted by Gasteiger charge is 2.08. The summed E-state index contributed by atoms with van der Waals surface area (Å²) in [7, 11) is 0. The van der Waals surface area contributed by atoms with E-state index >= 15 is 0 Å². The summed E-state index contributed by atoms with van der Waals surface area (Å²) in [6.07, 6.45) is 2.37. The number of rotatable bonds is 7. The Morgan fingerprint density at radius 2 is 1.78 bits per heavy atom. The van der Waals surface area contributed by atoms with Crippen LogP contribution in [0.5, 0.6) is 0 Å². The van der Waals surface area contributed by atoms with E-state index in [0.29, 0.717) is 0 Å². The molecule has 5 nitrogen and oxygen atoms in total. The van der Waals surface area contributed by atoms with E-state index in [1.54, 1.807) is 0 Å². The molecule has 0 aromatic heterocycles. The summed E-state index contributed by atoms with van der Waals surface area (Å²) in [5.74, 6) is 0.936. The number of guanidine groups is 1. The van der Waals surface area contributed by atoms with Crippen molar-refractivity contribution < 1.29 is 4.74 Å². The molecule has 1 rings (SSSR count). The third kappa shape index (κ3) is 6.81. The van der Waals surface area contributed by atoms with Gasteiger partial charge in [0.2, 0.25) is 0 Å². The second-order valence-electron chi connectivity index (χ2n) is 4.45. The summed E-state index contributed by atoms with van der Waals surface area (Å²) < 4.78 is 5.33. The van der Waals surface area contributed by atoms with Crippen LogP contribution in [-0.4, -0.2) is 63.3 Å². The number of ether oxygens (including phenoxy) is 1. The molecule has 0 saturated carbocycles. The summed E-state index contributed by atoms with van der Waals surface area (Å²) >= 11 is 0. The van der Waals surface area contributed by atoms with E-state index in [9.17, 15) is 0 Å². The molecule has 1 saturated heterocycles. The maximum Gasteiger partial charge on any atom is 0.191 e. The van der Waals surface area contributed by atoms with Gasteiger partial charge in [0, 0.05) is 32.7 Å². The number of aliphatic imine (C=N–C) groups is 1. The molecule has 0 atom stereocenters. The highest BCUT2D eigenvalue weighted by atomic mass is 16.5. The second kappa shape index (κ2) is 10.1. The second-order valence-corrected chi connectivity index (χ2v) is 4.45. The zero-order valence-electron chi connectivity index (χ0n) is 11.9. The number of hydrogen-bond acceptors (Lipinski definition) is 3. The van der Waals surface area contributed by atoms with Gasteiger partial charge in [0.25, 0.3) is 0 Å². The molecule has 0 amide bonds. The minimum absolute atomic E-state index is 0.892. The first-order chi connectivity index (χ1) is 8.86. The zero-order valence-corrected chi connectivity index (χ0v) is 11.9. The van der Waals surface area contributed by atoms with Gasteiger partial charge in [0.1, 0.15) is 0 Å². The average Bonchev–Trinajstić information content (AvgIpc) is 2.40. The molecule has 1 aliphatic heterocycles. The molecule has 1 fully saturated rings. The smallest absolute Gasteiger partial charge is 0.191 e. The van der Waals surface area contributed by atoms with Crippen molar-refractivity contribution in [2.75, 3.05) is 52.5 Å². The lowest BCUT2D eigenvalue weighted by molar-refractivity contribution is 0.0373. The molecule has 0 spiro atoms. The summed E-state index contributed by atoms with van der Waals surface area (Å²) in [6, 6.07) is 0. The van der Waals surface area contributed by atoms with Gasteiger partial charge in [-0.25, -0.2) is 0 Å². The number of unbranched alkanes of at least 4 members (excludes halogenated alkanes) is 1. The van der Waals surface area contributed by atoms with Gasteiger partial charge < -0.3 is 15.4 Å². The number of hydrogen-bond donors (Lipinski definition) is 2. The van der Waals surface area contributed by atoms with Crippen molar-refractivity contribution in [1.29, 1.82) is 0 Å². The fourth-order valence-electron chi connectivity index (χ4n) is 1.97. The quantitative estimate of drug-likeness (QED) is 0.399. The molecular weight excluding hydrogens is 228 g/mol. The molecule has 0 aromatic rings. The van der Waals surface area contributed by atoms with Crippen molar-refractivity contribution in [1.82, 2.24) is 15.5 Å². The lowest BCUT2D eigenvalue weighted by Gasteiger charge is -2.26. The van der Waals surface area contributed by atoms with Crippen LogP contribution in [-0.2, 0) is 4.74 Å². The first-order valence-electron chi connectivity index (χ1n) is 7.19. The molecule has 0 aliphatic carbocycles. The lowest BCUT2D eigenvalue weighted by Crippen LogP contribution is -2.37. The van der Waals surface area contributed by atoms with E-state index in [-0.39, 0.29) is 0 Å². The summed E-state index contributed by atoms with van der Waals surface area (Å²) in [6.45, 7) is 12.0. The monoisotopic (exact) mass is 256 g/mol. The van der Waals surface area contributed by atoms with Gasteiger partial charge in [-0.1, -0.05) is 0 Å². The largest absolute Gasteiger partial charge is 0.379 e. The Hall–Kier alpha value is -0.810. The van der Waals surface area contributed by atoms with Crippen molar-refractivity contribution in [3.05, 3.63) is 0 Å². The molecule has 0 bridgehead atoms. The van der Waals surface area contributed by atoms with Gasteiger partial charge in [0.05, 0.1) is 13.2 Å². The minimum Gasteiger partial charge on any atom is -0.379 e. The van der Waals surface area contributed by atoms with Crippen LogP contribution in [0.25, 0.3) is 0 Å². The maximum atomic E-state index is 5.33. The lowest BCUT2D eigenvalue weighted by atomic mass is 10.3. The predicted molar refractivity (Wildman–Crippen MR) is 76.1 cm³/mol. The van der Waals surface area contributed by atoms with E-state index in [4.69, 9.17) is 4.74 Å². The van der Waals surface area contributed by atoms with Crippen molar-refractivity contribution in [3.8, 4) is 0 Å². The third-order valence-electron chi connectivity index (χ3n) is 2.94. The number of morpholine rings is 1. The van der Waals surface area contributed by atoms with Gasteiger partial charge in [-0.2, -0.15) is 0 Å². The zero-order chi connectivity index (χ0) is 13.1. The number of nitrogens with one attached hydrogen (secondary N) is 2. The van der Waals surface area contributed by atoms with Crippen LogP contribution >= 0.6 is 0 Å². The molecule has 0 radical (unpaired) electrons. The van der Waals surface area contributed by atoms with Crippen molar-refractivity contribution >= 4 is 5.96 Å². The van der Waals surface area contributed by atoms with Crippen LogP contribution in [0, 0.1) is 0 Å². The molecule has 2 N–H and O–H groups in total. The summed E-state index contributed by atoms with van der Waals surface area (Å²) in [5.41, 5.74) is 0. The van der Waals surface area contributed by atoms with E-state index in [1.165, 1.54) is 13.0 Å². The summed E-state index contributed by atoms with van der Waals surface area (Å²) in [4.78, 5) is 7.01. The third-order valence-corrected chi connectivity index (χ3v) is 2.94. The van der Waals surface area contributed by atoms with Crippen LogP contribution in [0.2, 0.25) is 0 Å². The Morgan fingerprint density at radius 3 is 2.39 bits per heavy atom. The molecule has 106 valence electrons. The van der Waals surface area contributed by atoms with E-state index < -0.39 is 0 Å². The molecule has 1 aliphatic rings. The maximum absolute atomic E-state index is 5.33. The highest BCUT2D eigenvalue weighted by molar-refractivity contribution is 5.79. The van der Waals surface area contributed by atoms with E-state index in [2.05, 4.69) is 34.4 Å². The van der Waals surface area contributed by atoms with Gasteiger partial charge in [-0.05, 0) is 33.2 Å². The van der Waals surface area contributed by atoms with Crippen LogP contribution in [0.15, 0.2) is 4.99 Å². The molecule has 0 aromatic carbocycles. The Kier molecular flexibility index (Phi) is 8.59. The van der Waals surface area contributed by atoms with Crippen molar-refractivity contribution in [3.63, 3.8) is 0 Å². The van der Waals surface area contributed by atoms with Gasteiger partial charge >= 0.3 is 0 Å². The molecule has 5 heteroatoms. The Bertz CT molecular complexity index is 219. The molecule has 18 heavy (non-hydrogen) atoms. The van der Waals surface area contributed by atoms with Gasteiger partial charge in [-0.15, -0.1) is 0 Å². The molecular formula is C13H28N4O. The fourth-order valence-corrected chi connectivity index (χ4v) is 1.97. The summed E-state index contributed by atoms with van der Waals surface area (Å²) in [5, 5.41) is 6.47. The Labute approximate surface area is 111 Å². The number of nitrogens with zero attached hydrogens (tertiary/aromatic N) is 2. The van der Waals surface area contributed by atoms with E-state index in [0.717, 1.165) is 58.3 Å². The topological polar surface area (TPSA) is 48.9 Å². The predicted octanol–water partition coefficient (Wildman–Crippen LogP) is 0.674. The molecule has 0 unspecified atom stereocenters.